The predicted octanol–water partition coefficient (Wildman–Crippen LogP) is 1.45. The van der Waals surface area contributed by atoms with Crippen molar-refractivity contribution >= 4 is 16.0 Å². The van der Waals surface area contributed by atoms with E-state index in [1.807, 2.05) is 0 Å². The Morgan fingerprint density at radius 3 is 2.33 bits per heavy atom. The molecule has 0 bridgehead atoms. The van der Waals surface area contributed by atoms with Crippen LogP contribution in [-0.4, -0.2) is 34.2 Å². The molecule has 1 aromatic carbocycles. The van der Waals surface area contributed by atoms with E-state index in [2.05, 4.69) is 0 Å². The topological polar surface area (TPSA) is 95.7 Å². The van der Waals surface area contributed by atoms with Crippen LogP contribution in [0.5, 0.6) is 0 Å². The molecule has 1 aromatic rings. The summed E-state index contributed by atoms with van der Waals surface area (Å²) < 4.78 is 33.5. The Morgan fingerprint density at radius 1 is 1.29 bits per heavy atom. The van der Waals surface area contributed by atoms with Gasteiger partial charge < -0.3 is 9.47 Å². The van der Waals surface area contributed by atoms with Gasteiger partial charge in [0.25, 0.3) is 0 Å². The molecule has 0 saturated carbocycles. The fourth-order valence-electron chi connectivity index (χ4n) is 2.43. The number of aryl methyl sites for hydroxylation is 2. The molecule has 7 heteroatoms. The van der Waals surface area contributed by atoms with Gasteiger partial charge >= 0.3 is 5.97 Å². The average Bonchev–Trinajstić information content (AvgIpc) is 2.25. The van der Waals surface area contributed by atoms with Gasteiger partial charge in [0.15, 0.2) is 0 Å². The lowest BCUT2D eigenvalue weighted by Gasteiger charge is -2.17. The van der Waals surface area contributed by atoms with Crippen LogP contribution in [0.15, 0.2) is 11.0 Å². The molecule has 6 nitrogen and oxygen atoms in total. The van der Waals surface area contributed by atoms with Crippen LogP contribution in [0.25, 0.3) is 0 Å². The number of hydrogen-bond donors (Lipinski definition) is 1. The first-order chi connectivity index (χ1) is 9.59. The van der Waals surface area contributed by atoms with Crippen LogP contribution >= 0.6 is 0 Å². The molecule has 0 fully saturated rings. The molecule has 1 rings (SSSR count). The molecule has 118 valence electrons. The van der Waals surface area contributed by atoms with Crippen molar-refractivity contribution in [2.24, 2.45) is 5.14 Å². The standard InChI is InChI=1S/C14H21NO5S/c1-8-6-9(2)13(21(15,17)18)11(4)12(8)14(16)20-10(3)7-19-5/h6,10H,7H2,1-5H3,(H2,15,17,18). The Kier molecular flexibility index (Phi) is 5.49. The molecule has 0 heterocycles. The molecule has 0 aliphatic rings. The molecule has 0 spiro atoms. The summed E-state index contributed by atoms with van der Waals surface area (Å²) in [6.07, 6.45) is -0.430. The van der Waals surface area contributed by atoms with Gasteiger partial charge in [0.05, 0.1) is 17.1 Å². The van der Waals surface area contributed by atoms with Gasteiger partial charge in [0.2, 0.25) is 10.0 Å². The van der Waals surface area contributed by atoms with E-state index in [4.69, 9.17) is 14.6 Å². The number of sulfonamides is 1. The van der Waals surface area contributed by atoms with Gasteiger partial charge in [0.1, 0.15) is 6.10 Å². The maximum atomic E-state index is 12.2. The molecule has 0 saturated heterocycles. The third kappa shape index (κ3) is 4.03. The van der Waals surface area contributed by atoms with E-state index in [9.17, 15) is 13.2 Å². The number of benzene rings is 1. The normalized spacial score (nSPS) is 13.0. The van der Waals surface area contributed by atoms with E-state index < -0.39 is 22.1 Å². The fraction of sp³-hybridized carbons (Fsp3) is 0.500. The summed E-state index contributed by atoms with van der Waals surface area (Å²) in [7, 11) is -2.40. The quantitative estimate of drug-likeness (QED) is 0.830. The monoisotopic (exact) mass is 315 g/mol. The predicted molar refractivity (Wildman–Crippen MR) is 78.8 cm³/mol. The highest BCUT2D eigenvalue weighted by molar-refractivity contribution is 7.89. The zero-order valence-corrected chi connectivity index (χ0v) is 13.7. The summed E-state index contributed by atoms with van der Waals surface area (Å²) in [5.74, 6) is -0.584. The van der Waals surface area contributed by atoms with Crippen LogP contribution in [0, 0.1) is 20.8 Å². The summed E-state index contributed by atoms with van der Waals surface area (Å²) in [4.78, 5) is 12.2. The summed E-state index contributed by atoms with van der Waals surface area (Å²) in [6.45, 7) is 6.88. The molecular formula is C14H21NO5S. The number of hydrogen-bond acceptors (Lipinski definition) is 5. The Labute approximate surface area is 125 Å². The van der Waals surface area contributed by atoms with Crippen molar-refractivity contribution in [3.05, 3.63) is 28.3 Å². The minimum Gasteiger partial charge on any atom is -0.457 e. The molecule has 0 radical (unpaired) electrons. The third-order valence-corrected chi connectivity index (χ3v) is 4.30. The summed E-state index contributed by atoms with van der Waals surface area (Å²) in [5.41, 5.74) is 1.69. The van der Waals surface area contributed by atoms with E-state index >= 15 is 0 Å². The van der Waals surface area contributed by atoms with Crippen molar-refractivity contribution < 1.29 is 22.7 Å². The molecule has 21 heavy (non-hydrogen) atoms. The van der Waals surface area contributed by atoms with Crippen molar-refractivity contribution in [3.8, 4) is 0 Å². The number of methoxy groups -OCH3 is 1. The van der Waals surface area contributed by atoms with E-state index in [0.29, 0.717) is 16.7 Å². The van der Waals surface area contributed by atoms with E-state index in [1.165, 1.54) is 7.11 Å². The van der Waals surface area contributed by atoms with Crippen LogP contribution in [0.4, 0.5) is 0 Å². The summed E-state index contributed by atoms with van der Waals surface area (Å²) in [6, 6.07) is 1.62. The molecule has 1 unspecified atom stereocenters. The average molecular weight is 315 g/mol. The van der Waals surface area contributed by atoms with Crippen LogP contribution in [0.2, 0.25) is 0 Å². The van der Waals surface area contributed by atoms with Gasteiger partial charge in [-0.25, -0.2) is 18.4 Å². The highest BCUT2D eigenvalue weighted by atomic mass is 32.2. The van der Waals surface area contributed by atoms with E-state index in [-0.39, 0.29) is 17.1 Å². The summed E-state index contributed by atoms with van der Waals surface area (Å²) >= 11 is 0. The van der Waals surface area contributed by atoms with Crippen molar-refractivity contribution in [2.45, 2.75) is 38.7 Å². The number of carbonyl (C=O) groups excluding carboxylic acids is 1. The van der Waals surface area contributed by atoms with E-state index in [0.717, 1.165) is 0 Å². The molecule has 0 aliphatic heterocycles. The minimum atomic E-state index is -3.91. The smallest absolute Gasteiger partial charge is 0.339 e. The van der Waals surface area contributed by atoms with Gasteiger partial charge in [0, 0.05) is 7.11 Å². The van der Waals surface area contributed by atoms with Crippen molar-refractivity contribution in [2.75, 3.05) is 13.7 Å². The zero-order chi connectivity index (χ0) is 16.4. The number of rotatable bonds is 5. The number of esters is 1. The van der Waals surface area contributed by atoms with Crippen molar-refractivity contribution in [1.82, 2.24) is 0 Å². The summed E-state index contributed by atoms with van der Waals surface area (Å²) in [5, 5.41) is 5.23. The lowest BCUT2D eigenvalue weighted by atomic mass is 9.99. The second-order valence-corrected chi connectivity index (χ2v) is 6.55. The van der Waals surface area contributed by atoms with Gasteiger partial charge in [-0.05, 0) is 44.4 Å². The molecule has 0 aliphatic carbocycles. The number of carbonyl (C=O) groups is 1. The Morgan fingerprint density at radius 2 is 1.86 bits per heavy atom. The second-order valence-electron chi connectivity index (χ2n) is 5.06. The Hall–Kier alpha value is -1.44. The molecule has 1 atom stereocenters. The van der Waals surface area contributed by atoms with Gasteiger partial charge in [-0.1, -0.05) is 6.07 Å². The van der Waals surface area contributed by atoms with Crippen LogP contribution in [0.3, 0.4) is 0 Å². The molecule has 2 N–H and O–H groups in total. The molecule has 0 aromatic heterocycles. The highest BCUT2D eigenvalue weighted by Crippen LogP contribution is 2.26. The Balaban J connectivity index is 3.34. The first-order valence-electron chi connectivity index (χ1n) is 6.43. The minimum absolute atomic E-state index is 0.0283. The Bertz CT molecular complexity index is 652. The first-order valence-corrected chi connectivity index (χ1v) is 7.97. The molecular weight excluding hydrogens is 294 g/mol. The number of primary sulfonamides is 1. The zero-order valence-electron chi connectivity index (χ0n) is 12.9. The maximum Gasteiger partial charge on any atom is 0.339 e. The van der Waals surface area contributed by atoms with Gasteiger partial charge in [-0.15, -0.1) is 0 Å². The van der Waals surface area contributed by atoms with Gasteiger partial charge in [-0.2, -0.15) is 0 Å². The fourth-order valence-corrected chi connectivity index (χ4v) is 3.47. The van der Waals surface area contributed by atoms with Crippen molar-refractivity contribution in [1.29, 1.82) is 0 Å². The lowest BCUT2D eigenvalue weighted by Crippen LogP contribution is -2.23. The van der Waals surface area contributed by atoms with Gasteiger partial charge in [-0.3, -0.25) is 0 Å². The van der Waals surface area contributed by atoms with Crippen molar-refractivity contribution in [3.63, 3.8) is 0 Å². The number of ether oxygens (including phenoxy) is 2. The van der Waals surface area contributed by atoms with E-state index in [1.54, 1.807) is 33.8 Å². The maximum absolute atomic E-state index is 12.2. The first kappa shape index (κ1) is 17.6. The van der Waals surface area contributed by atoms with Crippen LogP contribution in [-0.2, 0) is 19.5 Å². The highest BCUT2D eigenvalue weighted by Gasteiger charge is 2.24. The third-order valence-electron chi connectivity index (χ3n) is 3.10. The second kappa shape index (κ2) is 6.55. The van der Waals surface area contributed by atoms with Crippen LogP contribution < -0.4 is 5.14 Å². The SMILES string of the molecule is COCC(C)OC(=O)c1c(C)cc(C)c(S(N)(=O)=O)c1C. The lowest BCUT2D eigenvalue weighted by molar-refractivity contribution is 0.0118. The molecule has 0 amide bonds. The van der Waals surface area contributed by atoms with Crippen LogP contribution in [0.1, 0.15) is 34.0 Å². The number of nitrogens with two attached hydrogens (primary N) is 1. The largest absolute Gasteiger partial charge is 0.457 e.